The molecular weight excluding hydrogens is 238 g/mol. The lowest BCUT2D eigenvalue weighted by atomic mass is 10.3. The summed E-state index contributed by atoms with van der Waals surface area (Å²) in [5.74, 6) is 0. The third-order valence-electron chi connectivity index (χ3n) is 2.24. The summed E-state index contributed by atoms with van der Waals surface area (Å²) in [6.07, 6.45) is 1.74. The highest BCUT2D eigenvalue weighted by molar-refractivity contribution is 7.99. The van der Waals surface area contributed by atoms with Crippen molar-refractivity contribution in [2.45, 2.75) is 30.6 Å². The van der Waals surface area contributed by atoms with Crippen LogP contribution in [0.2, 0.25) is 0 Å². The van der Waals surface area contributed by atoms with Gasteiger partial charge in [-0.1, -0.05) is 0 Å². The number of nitrogen functional groups attached to an aromatic ring is 1. The van der Waals surface area contributed by atoms with E-state index in [9.17, 15) is 4.79 Å². The van der Waals surface area contributed by atoms with Gasteiger partial charge in [0.05, 0.1) is 5.69 Å². The maximum atomic E-state index is 11.4. The quantitative estimate of drug-likeness (QED) is 0.850. The molecule has 17 heavy (non-hydrogen) atoms. The standard InChI is InChI=1S/C10H13N5OS/c1-3-15-9(16)13-14-10(15)17-8-7(11)4-6(2)5-12-8/h4-5H,3,11H2,1-2H3,(H,13,16). The smallest absolute Gasteiger partial charge is 0.343 e. The summed E-state index contributed by atoms with van der Waals surface area (Å²) in [6.45, 7) is 4.37. The first-order chi connectivity index (χ1) is 8.11. The van der Waals surface area contributed by atoms with Gasteiger partial charge >= 0.3 is 5.69 Å². The van der Waals surface area contributed by atoms with Gasteiger partial charge in [0, 0.05) is 12.7 Å². The van der Waals surface area contributed by atoms with E-state index in [0.29, 0.717) is 22.4 Å². The molecular formula is C10H13N5OS. The van der Waals surface area contributed by atoms with Crippen LogP contribution in [-0.2, 0) is 6.54 Å². The summed E-state index contributed by atoms with van der Waals surface area (Å²) >= 11 is 1.28. The van der Waals surface area contributed by atoms with E-state index in [1.54, 1.807) is 6.20 Å². The summed E-state index contributed by atoms with van der Waals surface area (Å²) in [7, 11) is 0. The van der Waals surface area contributed by atoms with Crippen LogP contribution in [0.1, 0.15) is 12.5 Å². The van der Waals surface area contributed by atoms with Gasteiger partial charge in [-0.3, -0.25) is 4.57 Å². The predicted molar refractivity (Wildman–Crippen MR) is 66.0 cm³/mol. The largest absolute Gasteiger partial charge is 0.397 e. The van der Waals surface area contributed by atoms with Crippen LogP contribution in [0.15, 0.2) is 27.2 Å². The van der Waals surface area contributed by atoms with Gasteiger partial charge in [0.1, 0.15) is 5.03 Å². The van der Waals surface area contributed by atoms with Crippen LogP contribution >= 0.6 is 11.8 Å². The molecule has 0 amide bonds. The minimum atomic E-state index is -0.222. The average molecular weight is 251 g/mol. The molecule has 6 nitrogen and oxygen atoms in total. The Kier molecular flexibility index (Phi) is 3.19. The van der Waals surface area contributed by atoms with E-state index in [1.807, 2.05) is 19.9 Å². The zero-order valence-corrected chi connectivity index (χ0v) is 10.4. The van der Waals surface area contributed by atoms with E-state index >= 15 is 0 Å². The first-order valence-corrected chi connectivity index (χ1v) is 5.98. The first kappa shape index (κ1) is 11.7. The molecule has 2 heterocycles. The summed E-state index contributed by atoms with van der Waals surface area (Å²) in [6, 6.07) is 1.84. The Morgan fingerprint density at radius 2 is 2.35 bits per heavy atom. The highest BCUT2D eigenvalue weighted by Gasteiger charge is 2.11. The second-order valence-corrected chi connectivity index (χ2v) is 4.52. The van der Waals surface area contributed by atoms with Gasteiger partial charge in [-0.2, -0.15) is 0 Å². The van der Waals surface area contributed by atoms with Crippen LogP contribution in [0.5, 0.6) is 0 Å². The molecule has 0 aromatic carbocycles. The number of nitrogens with one attached hydrogen (secondary N) is 1. The zero-order chi connectivity index (χ0) is 12.4. The van der Waals surface area contributed by atoms with Crippen LogP contribution in [0.4, 0.5) is 5.69 Å². The average Bonchev–Trinajstić information content (AvgIpc) is 2.63. The van der Waals surface area contributed by atoms with Crippen molar-refractivity contribution in [1.82, 2.24) is 19.7 Å². The fourth-order valence-electron chi connectivity index (χ4n) is 1.41. The summed E-state index contributed by atoms with van der Waals surface area (Å²) in [4.78, 5) is 15.6. The van der Waals surface area contributed by atoms with Crippen molar-refractivity contribution in [3.63, 3.8) is 0 Å². The Morgan fingerprint density at radius 3 is 3.00 bits per heavy atom. The van der Waals surface area contributed by atoms with Gasteiger partial charge in [0.25, 0.3) is 0 Å². The van der Waals surface area contributed by atoms with Crippen molar-refractivity contribution in [1.29, 1.82) is 0 Å². The van der Waals surface area contributed by atoms with Gasteiger partial charge < -0.3 is 5.73 Å². The number of hydrogen-bond acceptors (Lipinski definition) is 5. The molecule has 0 aliphatic carbocycles. The van der Waals surface area contributed by atoms with E-state index in [2.05, 4.69) is 15.2 Å². The van der Waals surface area contributed by atoms with Gasteiger partial charge in [-0.05, 0) is 37.2 Å². The van der Waals surface area contributed by atoms with E-state index in [4.69, 9.17) is 5.73 Å². The summed E-state index contributed by atoms with van der Waals surface area (Å²) in [5, 5.41) is 7.57. The van der Waals surface area contributed by atoms with Crippen LogP contribution in [0.25, 0.3) is 0 Å². The number of pyridine rings is 1. The van der Waals surface area contributed by atoms with Crippen molar-refractivity contribution in [3.05, 3.63) is 28.3 Å². The maximum absolute atomic E-state index is 11.4. The minimum Gasteiger partial charge on any atom is -0.397 e. The lowest BCUT2D eigenvalue weighted by Crippen LogP contribution is -2.16. The second-order valence-electron chi connectivity index (χ2n) is 3.56. The summed E-state index contributed by atoms with van der Waals surface area (Å²) in [5.41, 5.74) is 7.23. The maximum Gasteiger partial charge on any atom is 0.343 e. The van der Waals surface area contributed by atoms with Crippen LogP contribution in [-0.4, -0.2) is 19.7 Å². The molecule has 0 atom stereocenters. The number of anilines is 1. The zero-order valence-electron chi connectivity index (χ0n) is 9.60. The van der Waals surface area contributed by atoms with Crippen molar-refractivity contribution in [2.24, 2.45) is 0 Å². The van der Waals surface area contributed by atoms with E-state index in [0.717, 1.165) is 5.56 Å². The normalized spacial score (nSPS) is 10.7. The van der Waals surface area contributed by atoms with Crippen molar-refractivity contribution in [3.8, 4) is 0 Å². The predicted octanol–water partition coefficient (Wildman–Crippen LogP) is 1.03. The van der Waals surface area contributed by atoms with E-state index in [-0.39, 0.29) is 5.69 Å². The van der Waals surface area contributed by atoms with E-state index < -0.39 is 0 Å². The first-order valence-electron chi connectivity index (χ1n) is 5.17. The fourth-order valence-corrected chi connectivity index (χ4v) is 2.28. The molecule has 0 aliphatic heterocycles. The molecule has 3 N–H and O–H groups in total. The Bertz CT molecular complexity index is 589. The Labute approximate surface area is 102 Å². The monoisotopic (exact) mass is 251 g/mol. The van der Waals surface area contributed by atoms with Gasteiger partial charge in [0.2, 0.25) is 0 Å². The Morgan fingerprint density at radius 1 is 1.59 bits per heavy atom. The van der Waals surface area contributed by atoms with Gasteiger partial charge in [-0.15, -0.1) is 5.10 Å². The number of H-pyrrole nitrogens is 1. The van der Waals surface area contributed by atoms with Crippen LogP contribution < -0.4 is 11.4 Å². The number of aryl methyl sites for hydroxylation is 1. The molecule has 2 rings (SSSR count). The molecule has 0 spiro atoms. The number of nitrogens with two attached hydrogens (primary N) is 1. The molecule has 0 aliphatic rings. The molecule has 0 radical (unpaired) electrons. The van der Waals surface area contributed by atoms with Crippen molar-refractivity contribution >= 4 is 17.4 Å². The fraction of sp³-hybridized carbons (Fsp3) is 0.300. The minimum absolute atomic E-state index is 0.222. The van der Waals surface area contributed by atoms with Crippen molar-refractivity contribution < 1.29 is 0 Å². The number of aromatic nitrogens is 4. The number of aromatic amines is 1. The molecule has 7 heteroatoms. The number of nitrogens with zero attached hydrogens (tertiary/aromatic N) is 3. The molecule has 2 aromatic rings. The molecule has 0 fully saturated rings. The third-order valence-corrected chi connectivity index (χ3v) is 3.27. The molecule has 0 bridgehead atoms. The Hall–Kier alpha value is -1.76. The molecule has 0 unspecified atom stereocenters. The van der Waals surface area contributed by atoms with Crippen LogP contribution in [0, 0.1) is 6.92 Å². The topological polar surface area (TPSA) is 89.6 Å². The van der Waals surface area contributed by atoms with Crippen LogP contribution in [0.3, 0.4) is 0 Å². The lowest BCUT2D eigenvalue weighted by Gasteiger charge is -2.04. The summed E-state index contributed by atoms with van der Waals surface area (Å²) < 4.78 is 1.53. The molecule has 90 valence electrons. The molecule has 0 saturated heterocycles. The SMILES string of the molecule is CCn1c(Sc2ncc(C)cc2N)n[nH]c1=O. The van der Waals surface area contributed by atoms with Gasteiger partial charge in [0.15, 0.2) is 5.16 Å². The highest BCUT2D eigenvalue weighted by atomic mass is 32.2. The lowest BCUT2D eigenvalue weighted by molar-refractivity contribution is 0.660. The molecule has 2 aromatic heterocycles. The van der Waals surface area contributed by atoms with Gasteiger partial charge in [-0.25, -0.2) is 14.9 Å². The Balaban J connectivity index is 2.34. The molecule has 0 saturated carbocycles. The van der Waals surface area contributed by atoms with E-state index in [1.165, 1.54) is 16.3 Å². The van der Waals surface area contributed by atoms with Crippen molar-refractivity contribution in [2.75, 3.05) is 5.73 Å². The third kappa shape index (κ3) is 2.33. The highest BCUT2D eigenvalue weighted by Crippen LogP contribution is 2.28. The number of hydrogen-bond donors (Lipinski definition) is 2. The number of rotatable bonds is 3. The second kappa shape index (κ2) is 4.62.